The zero-order chi connectivity index (χ0) is 27.3. The van der Waals surface area contributed by atoms with E-state index in [9.17, 15) is 24.0 Å². The number of amides is 1. The van der Waals surface area contributed by atoms with Gasteiger partial charge in [0.25, 0.3) is 11.5 Å². The van der Waals surface area contributed by atoms with Gasteiger partial charge in [-0.05, 0) is 52.7 Å². The first-order valence-corrected chi connectivity index (χ1v) is 12.2. The van der Waals surface area contributed by atoms with Gasteiger partial charge in [0, 0.05) is 37.0 Å². The third kappa shape index (κ3) is 6.73. The Morgan fingerprint density at radius 3 is 2.38 bits per heavy atom. The highest BCUT2D eigenvalue weighted by Crippen LogP contribution is 2.25. The third-order valence-electron chi connectivity index (χ3n) is 6.10. The quantitative estimate of drug-likeness (QED) is 0.577. The molecule has 2 atom stereocenters. The standard InChI is InChI=1S/C26H34N4O7/c1-17-15-29(25(35)30(21(17)31)22(32)18-9-7-6-8-10-18)19-11-12-20(23(33)36-5)28(16-19)14-13-27-24(34)37-26(2,3)4/h6-10,15,19-20H,11-14,16H2,1-5H3,(H,27,34)/t19-,20+/m1/s1. The van der Waals surface area contributed by atoms with E-state index in [-0.39, 0.29) is 24.2 Å². The molecule has 37 heavy (non-hydrogen) atoms. The van der Waals surface area contributed by atoms with Crippen LogP contribution in [0.1, 0.15) is 55.6 Å². The van der Waals surface area contributed by atoms with Crippen molar-refractivity contribution in [2.24, 2.45) is 0 Å². The number of carbonyl (C=O) groups is 3. The van der Waals surface area contributed by atoms with Crippen LogP contribution >= 0.6 is 0 Å². The van der Waals surface area contributed by atoms with Crippen LogP contribution in [-0.4, -0.2) is 70.4 Å². The van der Waals surface area contributed by atoms with E-state index in [1.54, 1.807) is 58.0 Å². The molecule has 1 N–H and O–H groups in total. The van der Waals surface area contributed by atoms with Gasteiger partial charge in [-0.15, -0.1) is 0 Å². The van der Waals surface area contributed by atoms with Gasteiger partial charge in [0.05, 0.1) is 13.2 Å². The molecule has 0 unspecified atom stereocenters. The lowest BCUT2D eigenvalue weighted by Gasteiger charge is -2.38. The van der Waals surface area contributed by atoms with Crippen molar-refractivity contribution < 1.29 is 23.9 Å². The molecule has 0 saturated carbocycles. The zero-order valence-corrected chi connectivity index (χ0v) is 21.9. The Hall–Kier alpha value is -3.73. The second-order valence-corrected chi connectivity index (χ2v) is 10.0. The maximum atomic E-state index is 13.4. The van der Waals surface area contributed by atoms with Crippen LogP contribution in [0.25, 0.3) is 0 Å². The first-order chi connectivity index (χ1) is 17.4. The summed E-state index contributed by atoms with van der Waals surface area (Å²) >= 11 is 0. The van der Waals surface area contributed by atoms with Gasteiger partial charge in [-0.3, -0.25) is 23.9 Å². The molecule has 0 bridgehead atoms. The van der Waals surface area contributed by atoms with E-state index in [2.05, 4.69) is 5.32 Å². The number of piperidine rings is 1. The second-order valence-electron chi connectivity index (χ2n) is 10.0. The molecule has 0 spiro atoms. The van der Waals surface area contributed by atoms with Crippen molar-refractivity contribution in [2.75, 3.05) is 26.7 Å². The highest BCUT2D eigenvalue weighted by atomic mass is 16.6. The predicted molar refractivity (Wildman–Crippen MR) is 136 cm³/mol. The van der Waals surface area contributed by atoms with Crippen LogP contribution in [0, 0.1) is 6.92 Å². The minimum Gasteiger partial charge on any atom is -0.468 e. The summed E-state index contributed by atoms with van der Waals surface area (Å²) in [6, 6.07) is 7.16. The minimum atomic E-state index is -0.738. The normalized spacial score (nSPS) is 18.2. The van der Waals surface area contributed by atoms with Gasteiger partial charge < -0.3 is 14.8 Å². The number of alkyl carbamates (subject to hydrolysis) is 1. The van der Waals surface area contributed by atoms with Gasteiger partial charge in [-0.1, -0.05) is 18.2 Å². The van der Waals surface area contributed by atoms with Crippen molar-refractivity contribution >= 4 is 18.0 Å². The number of rotatable bonds is 6. The Morgan fingerprint density at radius 2 is 1.76 bits per heavy atom. The van der Waals surface area contributed by atoms with Crippen LogP contribution in [0.3, 0.4) is 0 Å². The smallest absolute Gasteiger partial charge is 0.407 e. The maximum Gasteiger partial charge on any atom is 0.407 e. The molecule has 1 aliphatic rings. The Balaban J connectivity index is 1.86. The number of ether oxygens (including phenoxy) is 2. The van der Waals surface area contributed by atoms with Crippen LogP contribution in [0.15, 0.2) is 46.1 Å². The van der Waals surface area contributed by atoms with Crippen LogP contribution in [0.4, 0.5) is 4.79 Å². The lowest BCUT2D eigenvalue weighted by molar-refractivity contribution is -0.148. The van der Waals surface area contributed by atoms with Gasteiger partial charge >= 0.3 is 17.8 Å². The molecule has 1 aromatic carbocycles. The van der Waals surface area contributed by atoms with Crippen molar-refractivity contribution in [3.63, 3.8) is 0 Å². The van der Waals surface area contributed by atoms with Crippen molar-refractivity contribution in [3.05, 3.63) is 68.5 Å². The number of hydrogen-bond acceptors (Lipinski definition) is 8. The molecule has 3 rings (SSSR count). The monoisotopic (exact) mass is 514 g/mol. The van der Waals surface area contributed by atoms with Crippen LogP contribution < -0.4 is 16.6 Å². The number of hydrogen-bond donors (Lipinski definition) is 1. The molecule has 2 heterocycles. The molecule has 0 aliphatic carbocycles. The number of likely N-dealkylation sites (tertiary alicyclic amines) is 1. The van der Waals surface area contributed by atoms with Gasteiger partial charge in [-0.25, -0.2) is 9.59 Å². The van der Waals surface area contributed by atoms with Gasteiger partial charge in [-0.2, -0.15) is 4.57 Å². The molecule has 1 saturated heterocycles. The van der Waals surface area contributed by atoms with E-state index in [0.717, 1.165) is 0 Å². The van der Waals surface area contributed by atoms with Crippen LogP contribution in [0.5, 0.6) is 0 Å². The van der Waals surface area contributed by atoms with Crippen molar-refractivity contribution in [3.8, 4) is 0 Å². The number of benzene rings is 1. The van der Waals surface area contributed by atoms with E-state index < -0.39 is 46.9 Å². The average molecular weight is 515 g/mol. The Kier molecular flexibility index (Phi) is 8.69. The fourth-order valence-electron chi connectivity index (χ4n) is 4.36. The fraction of sp³-hybridized carbons (Fsp3) is 0.500. The number of aryl methyl sites for hydroxylation is 1. The summed E-state index contributed by atoms with van der Waals surface area (Å²) in [5.41, 5.74) is -1.58. The summed E-state index contributed by atoms with van der Waals surface area (Å²) in [7, 11) is 1.31. The summed E-state index contributed by atoms with van der Waals surface area (Å²) in [5.74, 6) is -1.11. The number of carbonyl (C=O) groups excluding carboxylic acids is 3. The highest BCUT2D eigenvalue weighted by Gasteiger charge is 2.35. The van der Waals surface area contributed by atoms with E-state index in [1.165, 1.54) is 17.9 Å². The van der Waals surface area contributed by atoms with Gasteiger partial charge in [0.15, 0.2) is 0 Å². The fourth-order valence-corrected chi connectivity index (χ4v) is 4.36. The molecule has 1 aliphatic heterocycles. The number of esters is 1. The molecule has 11 heteroatoms. The molecule has 0 radical (unpaired) electrons. The molecule has 200 valence electrons. The summed E-state index contributed by atoms with van der Waals surface area (Å²) in [6.45, 7) is 7.60. The van der Waals surface area contributed by atoms with E-state index in [4.69, 9.17) is 9.47 Å². The summed E-state index contributed by atoms with van der Waals surface area (Å²) in [4.78, 5) is 65.5. The van der Waals surface area contributed by atoms with Gasteiger partial charge in [0.1, 0.15) is 11.6 Å². The highest BCUT2D eigenvalue weighted by molar-refractivity contribution is 5.95. The average Bonchev–Trinajstić information content (AvgIpc) is 2.85. The molecular formula is C26H34N4O7. The first-order valence-electron chi connectivity index (χ1n) is 12.2. The molecule has 1 aromatic heterocycles. The summed E-state index contributed by atoms with van der Waals surface area (Å²) < 4.78 is 12.3. The molecular weight excluding hydrogens is 480 g/mol. The summed E-state index contributed by atoms with van der Waals surface area (Å²) in [5, 5.41) is 2.68. The Morgan fingerprint density at radius 1 is 1.08 bits per heavy atom. The Bertz CT molecular complexity index is 1260. The van der Waals surface area contributed by atoms with Crippen molar-refractivity contribution in [1.82, 2.24) is 19.4 Å². The summed E-state index contributed by atoms with van der Waals surface area (Å²) in [6.07, 6.45) is 1.72. The molecule has 11 nitrogen and oxygen atoms in total. The third-order valence-corrected chi connectivity index (χ3v) is 6.10. The maximum absolute atomic E-state index is 13.4. The topological polar surface area (TPSA) is 129 Å². The number of nitrogens with zero attached hydrogens (tertiary/aromatic N) is 3. The van der Waals surface area contributed by atoms with E-state index >= 15 is 0 Å². The first kappa shape index (κ1) is 27.9. The molecule has 2 aromatic rings. The molecule has 1 amide bonds. The largest absolute Gasteiger partial charge is 0.468 e. The van der Waals surface area contributed by atoms with Crippen molar-refractivity contribution in [2.45, 2.75) is 58.2 Å². The van der Waals surface area contributed by atoms with E-state index in [0.29, 0.717) is 24.0 Å². The molecule has 1 fully saturated rings. The van der Waals surface area contributed by atoms with Crippen LogP contribution in [-0.2, 0) is 14.3 Å². The van der Waals surface area contributed by atoms with Crippen molar-refractivity contribution in [1.29, 1.82) is 0 Å². The lowest BCUT2D eigenvalue weighted by Crippen LogP contribution is -2.53. The SMILES string of the molecule is COC(=O)[C@@H]1CC[C@@H](n2cc(C)c(=O)n(C(=O)c3ccccc3)c2=O)CN1CCNC(=O)OC(C)(C)C. The second kappa shape index (κ2) is 11.5. The Labute approximate surface area is 215 Å². The zero-order valence-electron chi connectivity index (χ0n) is 21.9. The van der Waals surface area contributed by atoms with Crippen LogP contribution in [0.2, 0.25) is 0 Å². The number of methoxy groups -OCH3 is 1. The van der Waals surface area contributed by atoms with E-state index in [1.807, 2.05) is 4.90 Å². The number of aromatic nitrogens is 2. The minimum absolute atomic E-state index is 0.203. The number of nitrogens with one attached hydrogen (secondary N) is 1. The van der Waals surface area contributed by atoms with Gasteiger partial charge in [0.2, 0.25) is 0 Å². The lowest BCUT2D eigenvalue weighted by atomic mass is 9.97. The predicted octanol–water partition coefficient (Wildman–Crippen LogP) is 1.71.